The van der Waals surface area contributed by atoms with Crippen molar-refractivity contribution >= 4 is 11.6 Å². The number of amides is 1. The summed E-state index contributed by atoms with van der Waals surface area (Å²) in [5.41, 5.74) is 7.55. The van der Waals surface area contributed by atoms with Crippen molar-refractivity contribution in [3.05, 3.63) is 29.8 Å². The van der Waals surface area contributed by atoms with E-state index in [1.807, 2.05) is 38.1 Å². The van der Waals surface area contributed by atoms with Crippen molar-refractivity contribution in [3.63, 3.8) is 0 Å². The first-order valence-electron chi connectivity index (χ1n) is 6.27. The van der Waals surface area contributed by atoms with Crippen LogP contribution < -0.4 is 11.1 Å². The van der Waals surface area contributed by atoms with Crippen LogP contribution in [0.25, 0.3) is 0 Å². The summed E-state index contributed by atoms with van der Waals surface area (Å²) in [5.74, 6) is -0.140. The van der Waals surface area contributed by atoms with Gasteiger partial charge in [-0.1, -0.05) is 25.5 Å². The summed E-state index contributed by atoms with van der Waals surface area (Å²) in [6, 6.07) is 7.17. The zero-order valence-corrected chi connectivity index (χ0v) is 11.3. The summed E-state index contributed by atoms with van der Waals surface area (Å²) < 4.78 is 5.24. The van der Waals surface area contributed by atoms with Crippen molar-refractivity contribution in [2.45, 2.75) is 38.8 Å². The minimum Gasteiger partial charge on any atom is -0.377 e. The Morgan fingerprint density at radius 2 is 2.22 bits per heavy atom. The molecular formula is C14H22N2O2. The smallest absolute Gasteiger partial charge is 0.241 e. The van der Waals surface area contributed by atoms with E-state index in [2.05, 4.69) is 5.32 Å². The van der Waals surface area contributed by atoms with Gasteiger partial charge >= 0.3 is 0 Å². The van der Waals surface area contributed by atoms with Crippen molar-refractivity contribution < 1.29 is 9.53 Å². The molecule has 3 N–H and O–H groups in total. The maximum Gasteiger partial charge on any atom is 0.241 e. The van der Waals surface area contributed by atoms with Crippen molar-refractivity contribution in [1.29, 1.82) is 0 Å². The van der Waals surface area contributed by atoms with Crippen LogP contribution in [0.3, 0.4) is 0 Å². The predicted octanol–water partition coefficient (Wildman–Crippen LogP) is 2.46. The fourth-order valence-corrected chi connectivity index (χ4v) is 1.68. The average Bonchev–Trinajstić information content (AvgIpc) is 2.38. The molecule has 0 aliphatic carbocycles. The first-order chi connectivity index (χ1) is 8.58. The number of nitrogens with two attached hydrogens (primary N) is 1. The fourth-order valence-electron chi connectivity index (χ4n) is 1.68. The van der Waals surface area contributed by atoms with E-state index in [0.717, 1.165) is 17.7 Å². The lowest BCUT2D eigenvalue weighted by molar-refractivity contribution is -0.117. The van der Waals surface area contributed by atoms with E-state index in [4.69, 9.17) is 10.5 Å². The van der Waals surface area contributed by atoms with Gasteiger partial charge in [0.15, 0.2) is 0 Å². The Morgan fingerprint density at radius 1 is 1.50 bits per heavy atom. The number of hydrogen-bond donors (Lipinski definition) is 2. The van der Waals surface area contributed by atoms with Crippen molar-refractivity contribution in [1.82, 2.24) is 0 Å². The topological polar surface area (TPSA) is 64.4 Å². The summed E-state index contributed by atoms with van der Waals surface area (Å²) in [5, 5.41) is 2.83. The van der Waals surface area contributed by atoms with Crippen LogP contribution in [0.1, 0.15) is 38.4 Å². The van der Waals surface area contributed by atoms with Crippen LogP contribution in [0.4, 0.5) is 5.69 Å². The molecule has 4 nitrogen and oxygen atoms in total. The van der Waals surface area contributed by atoms with Gasteiger partial charge in [-0.25, -0.2) is 0 Å². The molecule has 0 heterocycles. The summed E-state index contributed by atoms with van der Waals surface area (Å²) in [7, 11) is 1.66. The minimum atomic E-state index is -0.446. The van der Waals surface area contributed by atoms with Gasteiger partial charge in [-0.3, -0.25) is 4.79 Å². The van der Waals surface area contributed by atoms with Gasteiger partial charge in [0, 0.05) is 12.8 Å². The summed E-state index contributed by atoms with van der Waals surface area (Å²) in [4.78, 5) is 11.8. The molecule has 0 saturated carbocycles. The zero-order valence-electron chi connectivity index (χ0n) is 11.3. The first-order valence-corrected chi connectivity index (χ1v) is 6.27. The SMILES string of the molecule is CCCC(N)C(=O)Nc1cccc(C(C)OC)c1. The van der Waals surface area contributed by atoms with Gasteiger partial charge < -0.3 is 15.8 Å². The molecule has 18 heavy (non-hydrogen) atoms. The minimum absolute atomic E-state index is 0.00571. The van der Waals surface area contributed by atoms with Crippen LogP contribution in [-0.2, 0) is 9.53 Å². The van der Waals surface area contributed by atoms with Crippen molar-refractivity contribution in [2.75, 3.05) is 12.4 Å². The predicted molar refractivity (Wildman–Crippen MR) is 73.4 cm³/mol. The Hall–Kier alpha value is -1.39. The van der Waals surface area contributed by atoms with E-state index in [0.29, 0.717) is 6.42 Å². The molecule has 0 fully saturated rings. The van der Waals surface area contributed by atoms with Crippen LogP contribution in [0, 0.1) is 0 Å². The molecule has 0 aromatic heterocycles. The maximum absolute atomic E-state index is 11.8. The fraction of sp³-hybridized carbons (Fsp3) is 0.500. The molecule has 100 valence electrons. The number of methoxy groups -OCH3 is 1. The molecule has 0 bridgehead atoms. The number of rotatable bonds is 6. The third kappa shape index (κ3) is 4.13. The monoisotopic (exact) mass is 250 g/mol. The van der Waals surface area contributed by atoms with E-state index in [1.165, 1.54) is 0 Å². The molecule has 1 rings (SSSR count). The second kappa shape index (κ2) is 7.13. The number of nitrogens with one attached hydrogen (secondary N) is 1. The van der Waals surface area contributed by atoms with E-state index in [9.17, 15) is 4.79 Å². The van der Waals surface area contributed by atoms with Crippen LogP contribution in [0.5, 0.6) is 0 Å². The summed E-state index contributed by atoms with van der Waals surface area (Å²) in [6.45, 7) is 3.97. The lowest BCUT2D eigenvalue weighted by atomic mass is 10.1. The highest BCUT2D eigenvalue weighted by Gasteiger charge is 2.13. The van der Waals surface area contributed by atoms with Gasteiger partial charge in [0.05, 0.1) is 12.1 Å². The van der Waals surface area contributed by atoms with Crippen LogP contribution in [0.15, 0.2) is 24.3 Å². The Balaban J connectivity index is 2.70. The quantitative estimate of drug-likeness (QED) is 0.815. The molecule has 2 atom stereocenters. The molecule has 0 aliphatic heterocycles. The molecule has 0 saturated heterocycles. The van der Waals surface area contributed by atoms with Gasteiger partial charge in [0.25, 0.3) is 0 Å². The Bertz CT molecular complexity index is 393. The number of carbonyl (C=O) groups excluding carboxylic acids is 1. The molecule has 1 aromatic rings. The van der Waals surface area contributed by atoms with Crippen LogP contribution in [-0.4, -0.2) is 19.1 Å². The van der Waals surface area contributed by atoms with Crippen LogP contribution in [0.2, 0.25) is 0 Å². The van der Waals surface area contributed by atoms with Crippen molar-refractivity contribution in [3.8, 4) is 0 Å². The van der Waals surface area contributed by atoms with Gasteiger partial charge in [-0.15, -0.1) is 0 Å². The Labute approximate surface area is 109 Å². The largest absolute Gasteiger partial charge is 0.377 e. The zero-order chi connectivity index (χ0) is 13.5. The molecular weight excluding hydrogens is 228 g/mol. The lowest BCUT2D eigenvalue weighted by Gasteiger charge is -2.14. The third-order valence-corrected chi connectivity index (χ3v) is 2.91. The molecule has 1 aromatic carbocycles. The van der Waals surface area contributed by atoms with Gasteiger partial charge in [0.1, 0.15) is 0 Å². The van der Waals surface area contributed by atoms with E-state index in [1.54, 1.807) is 7.11 Å². The van der Waals surface area contributed by atoms with Crippen molar-refractivity contribution in [2.24, 2.45) is 5.73 Å². The second-order valence-corrected chi connectivity index (χ2v) is 4.39. The highest BCUT2D eigenvalue weighted by Crippen LogP contribution is 2.19. The lowest BCUT2D eigenvalue weighted by Crippen LogP contribution is -2.35. The van der Waals surface area contributed by atoms with Gasteiger partial charge in [0.2, 0.25) is 5.91 Å². The van der Waals surface area contributed by atoms with E-state index < -0.39 is 6.04 Å². The Kier molecular flexibility index (Phi) is 5.82. The highest BCUT2D eigenvalue weighted by molar-refractivity contribution is 5.94. The third-order valence-electron chi connectivity index (χ3n) is 2.91. The molecule has 2 unspecified atom stereocenters. The van der Waals surface area contributed by atoms with Gasteiger partial charge in [-0.2, -0.15) is 0 Å². The number of anilines is 1. The number of hydrogen-bond acceptors (Lipinski definition) is 3. The maximum atomic E-state index is 11.8. The molecule has 4 heteroatoms. The van der Waals surface area contributed by atoms with Gasteiger partial charge in [-0.05, 0) is 31.0 Å². The molecule has 0 spiro atoms. The average molecular weight is 250 g/mol. The highest BCUT2D eigenvalue weighted by atomic mass is 16.5. The molecule has 1 amide bonds. The molecule has 0 aliphatic rings. The normalized spacial score (nSPS) is 14.0. The summed E-state index contributed by atoms with van der Waals surface area (Å²) >= 11 is 0. The number of carbonyl (C=O) groups is 1. The number of ether oxygens (including phenoxy) is 1. The van der Waals surface area contributed by atoms with E-state index in [-0.39, 0.29) is 12.0 Å². The molecule has 0 radical (unpaired) electrons. The standard InChI is InChI=1S/C14H22N2O2/c1-4-6-13(15)14(17)16-12-8-5-7-11(9-12)10(2)18-3/h5,7-10,13H,4,6,15H2,1-3H3,(H,16,17). The number of benzene rings is 1. The second-order valence-electron chi connectivity index (χ2n) is 4.39. The first kappa shape index (κ1) is 14.7. The Morgan fingerprint density at radius 3 is 2.83 bits per heavy atom. The summed E-state index contributed by atoms with van der Waals surface area (Å²) in [6.07, 6.45) is 1.60. The van der Waals surface area contributed by atoms with Crippen LogP contribution >= 0.6 is 0 Å². The van der Waals surface area contributed by atoms with E-state index >= 15 is 0 Å².